The second-order valence-corrected chi connectivity index (χ2v) is 6.19. The van der Waals surface area contributed by atoms with Gasteiger partial charge in [0.25, 0.3) is 0 Å². The number of carbonyl (C=O) groups is 1. The van der Waals surface area contributed by atoms with Crippen molar-refractivity contribution in [3.8, 4) is 0 Å². The maximum absolute atomic E-state index is 12.3. The molecule has 1 aliphatic rings. The van der Waals surface area contributed by atoms with Crippen molar-refractivity contribution in [1.82, 2.24) is 9.88 Å². The molecule has 2 aromatic rings. The zero-order valence-electron chi connectivity index (χ0n) is 13.4. The average molecular weight is 310 g/mol. The number of piperidine rings is 1. The first-order valence-electron chi connectivity index (χ1n) is 8.14. The van der Waals surface area contributed by atoms with Gasteiger partial charge in [-0.05, 0) is 38.0 Å². The molecule has 1 amide bonds. The van der Waals surface area contributed by atoms with Gasteiger partial charge in [-0.1, -0.05) is 24.3 Å². The number of aromatic nitrogens is 1. The third-order valence-corrected chi connectivity index (χ3v) is 4.47. The van der Waals surface area contributed by atoms with Gasteiger partial charge in [-0.25, -0.2) is 4.98 Å². The molecule has 0 saturated carbocycles. The molecule has 3 rings (SSSR count). The third kappa shape index (κ3) is 3.77. The lowest BCUT2D eigenvalue weighted by atomic mass is 9.93. The van der Waals surface area contributed by atoms with Crippen LogP contribution < -0.4 is 0 Å². The molecule has 2 atom stereocenters. The Morgan fingerprint density at radius 1 is 1.35 bits per heavy atom. The van der Waals surface area contributed by atoms with Crippen LogP contribution in [0.25, 0.3) is 17.0 Å². The van der Waals surface area contributed by atoms with Gasteiger partial charge in [0.2, 0.25) is 5.91 Å². The third-order valence-electron chi connectivity index (χ3n) is 4.47. The molecule has 1 aliphatic heterocycles. The number of rotatable bonds is 3. The van der Waals surface area contributed by atoms with Gasteiger partial charge in [-0.2, -0.15) is 0 Å². The molecule has 4 heteroatoms. The first kappa shape index (κ1) is 15.7. The molecule has 0 aliphatic carbocycles. The number of nitrogens with zero attached hydrogens (tertiary/aromatic N) is 2. The predicted octanol–water partition coefficient (Wildman–Crippen LogP) is 2.87. The predicted molar refractivity (Wildman–Crippen MR) is 91.8 cm³/mol. The van der Waals surface area contributed by atoms with Crippen molar-refractivity contribution in [3.05, 3.63) is 48.2 Å². The largest absolute Gasteiger partial charge is 0.393 e. The normalized spacial score (nSPS) is 20.1. The SMILES string of the molecule is CC(O)C1CCCN(C(=O)/C=C/c2ccc3ccccc3n2)C1. The molecule has 23 heavy (non-hydrogen) atoms. The summed E-state index contributed by atoms with van der Waals surface area (Å²) in [5.41, 5.74) is 1.70. The zero-order chi connectivity index (χ0) is 16.2. The number of aliphatic hydroxyl groups excluding tert-OH is 1. The zero-order valence-corrected chi connectivity index (χ0v) is 13.4. The summed E-state index contributed by atoms with van der Waals surface area (Å²) in [5.74, 6) is 0.171. The molecular weight excluding hydrogens is 288 g/mol. The summed E-state index contributed by atoms with van der Waals surface area (Å²) in [6.07, 6.45) is 4.92. The number of pyridine rings is 1. The summed E-state index contributed by atoms with van der Waals surface area (Å²) < 4.78 is 0. The van der Waals surface area contributed by atoms with Crippen molar-refractivity contribution in [2.24, 2.45) is 5.92 Å². The van der Waals surface area contributed by atoms with E-state index in [4.69, 9.17) is 0 Å². The summed E-state index contributed by atoms with van der Waals surface area (Å²) in [5, 5.41) is 10.8. The topological polar surface area (TPSA) is 53.4 Å². The van der Waals surface area contributed by atoms with E-state index >= 15 is 0 Å². The number of amides is 1. The molecule has 0 bridgehead atoms. The monoisotopic (exact) mass is 310 g/mol. The van der Waals surface area contributed by atoms with E-state index in [1.807, 2.05) is 41.3 Å². The van der Waals surface area contributed by atoms with Gasteiger partial charge in [0, 0.05) is 30.5 Å². The molecule has 2 heterocycles. The van der Waals surface area contributed by atoms with Gasteiger partial charge in [0.15, 0.2) is 0 Å². The molecule has 2 unspecified atom stereocenters. The van der Waals surface area contributed by atoms with Crippen LogP contribution in [0.2, 0.25) is 0 Å². The second-order valence-electron chi connectivity index (χ2n) is 6.19. The Morgan fingerprint density at radius 3 is 3.00 bits per heavy atom. The Labute approximate surface area is 136 Å². The number of benzene rings is 1. The van der Waals surface area contributed by atoms with Crippen molar-refractivity contribution in [1.29, 1.82) is 0 Å². The van der Waals surface area contributed by atoms with Gasteiger partial charge in [-0.3, -0.25) is 4.79 Å². The number of likely N-dealkylation sites (tertiary alicyclic amines) is 1. The van der Waals surface area contributed by atoms with Gasteiger partial charge in [-0.15, -0.1) is 0 Å². The summed E-state index contributed by atoms with van der Waals surface area (Å²) in [7, 11) is 0. The van der Waals surface area contributed by atoms with Crippen LogP contribution in [0.15, 0.2) is 42.5 Å². The minimum Gasteiger partial charge on any atom is -0.393 e. The molecule has 4 nitrogen and oxygen atoms in total. The van der Waals surface area contributed by atoms with Crippen molar-refractivity contribution in [2.75, 3.05) is 13.1 Å². The first-order chi connectivity index (χ1) is 11.1. The Morgan fingerprint density at radius 2 is 2.17 bits per heavy atom. The van der Waals surface area contributed by atoms with Gasteiger partial charge >= 0.3 is 0 Å². The molecule has 0 spiro atoms. The molecule has 120 valence electrons. The molecule has 1 fully saturated rings. The van der Waals surface area contributed by atoms with E-state index in [0.717, 1.165) is 36.0 Å². The van der Waals surface area contributed by atoms with Gasteiger partial charge < -0.3 is 10.0 Å². The number of hydrogen-bond acceptors (Lipinski definition) is 3. The van der Waals surface area contributed by atoms with Gasteiger partial charge in [0.05, 0.1) is 17.3 Å². The number of para-hydroxylation sites is 1. The van der Waals surface area contributed by atoms with Gasteiger partial charge in [0.1, 0.15) is 0 Å². The van der Waals surface area contributed by atoms with E-state index in [1.165, 1.54) is 0 Å². The smallest absolute Gasteiger partial charge is 0.246 e. The Bertz CT molecular complexity index is 724. The van der Waals surface area contributed by atoms with E-state index in [2.05, 4.69) is 4.98 Å². The summed E-state index contributed by atoms with van der Waals surface area (Å²) in [4.78, 5) is 18.7. The fourth-order valence-corrected chi connectivity index (χ4v) is 3.04. The minimum atomic E-state index is -0.364. The quantitative estimate of drug-likeness (QED) is 0.887. The molecule has 1 aromatic heterocycles. The Hall–Kier alpha value is -2.20. The first-order valence-corrected chi connectivity index (χ1v) is 8.14. The van der Waals surface area contributed by atoms with Crippen molar-refractivity contribution < 1.29 is 9.90 Å². The van der Waals surface area contributed by atoms with Crippen molar-refractivity contribution in [3.63, 3.8) is 0 Å². The summed E-state index contributed by atoms with van der Waals surface area (Å²) in [6, 6.07) is 11.9. The highest BCUT2D eigenvalue weighted by molar-refractivity contribution is 5.92. The van der Waals surface area contributed by atoms with E-state index in [0.29, 0.717) is 6.54 Å². The fraction of sp³-hybridized carbons (Fsp3) is 0.368. The fourth-order valence-electron chi connectivity index (χ4n) is 3.04. The van der Waals surface area contributed by atoms with Crippen LogP contribution in [0.3, 0.4) is 0 Å². The van der Waals surface area contributed by atoms with Crippen LogP contribution in [-0.4, -0.2) is 40.1 Å². The number of carbonyl (C=O) groups excluding carboxylic acids is 1. The average Bonchev–Trinajstić information content (AvgIpc) is 2.59. The highest BCUT2D eigenvalue weighted by Gasteiger charge is 2.25. The Balaban J connectivity index is 1.69. The van der Waals surface area contributed by atoms with Crippen molar-refractivity contribution >= 4 is 22.9 Å². The van der Waals surface area contributed by atoms with Crippen LogP contribution in [0.5, 0.6) is 0 Å². The maximum Gasteiger partial charge on any atom is 0.246 e. The Kier molecular flexibility index (Phi) is 4.72. The summed E-state index contributed by atoms with van der Waals surface area (Å²) in [6.45, 7) is 3.19. The van der Waals surface area contributed by atoms with Crippen LogP contribution in [0.1, 0.15) is 25.5 Å². The van der Waals surface area contributed by atoms with Crippen LogP contribution >= 0.6 is 0 Å². The maximum atomic E-state index is 12.3. The minimum absolute atomic E-state index is 0.00897. The van der Waals surface area contributed by atoms with Crippen molar-refractivity contribution in [2.45, 2.75) is 25.9 Å². The lowest BCUT2D eigenvalue weighted by Crippen LogP contribution is -2.42. The number of fused-ring (bicyclic) bond motifs is 1. The highest BCUT2D eigenvalue weighted by atomic mass is 16.3. The molecule has 0 radical (unpaired) electrons. The standard InChI is InChI=1S/C19H22N2O2/c1-14(22)16-6-4-12-21(13-16)19(23)11-10-17-9-8-15-5-2-3-7-18(15)20-17/h2-3,5,7-11,14,16,22H,4,6,12-13H2,1H3/b11-10+. The molecule has 1 aromatic carbocycles. The van der Waals surface area contributed by atoms with E-state index in [-0.39, 0.29) is 17.9 Å². The van der Waals surface area contributed by atoms with Crippen LogP contribution in [0, 0.1) is 5.92 Å². The second kappa shape index (κ2) is 6.92. The van der Waals surface area contributed by atoms with Crippen LogP contribution in [0.4, 0.5) is 0 Å². The lowest BCUT2D eigenvalue weighted by molar-refractivity contribution is -0.128. The number of hydrogen-bond donors (Lipinski definition) is 1. The number of aliphatic hydroxyl groups is 1. The molecule has 1 N–H and O–H groups in total. The van der Waals surface area contributed by atoms with Crippen LogP contribution in [-0.2, 0) is 4.79 Å². The lowest BCUT2D eigenvalue weighted by Gasteiger charge is -2.33. The molecular formula is C19H22N2O2. The summed E-state index contributed by atoms with van der Waals surface area (Å²) >= 11 is 0. The van der Waals surface area contributed by atoms with E-state index in [9.17, 15) is 9.90 Å². The highest BCUT2D eigenvalue weighted by Crippen LogP contribution is 2.20. The molecule has 1 saturated heterocycles. The van der Waals surface area contributed by atoms with E-state index in [1.54, 1.807) is 19.1 Å². The van der Waals surface area contributed by atoms with E-state index < -0.39 is 0 Å².